The zero-order valence-corrected chi connectivity index (χ0v) is 18.4. The number of halogens is 1. The molecule has 0 spiro atoms. The summed E-state index contributed by atoms with van der Waals surface area (Å²) < 4.78 is 33.6. The van der Waals surface area contributed by atoms with Crippen LogP contribution in [0.3, 0.4) is 0 Å². The molecule has 0 unspecified atom stereocenters. The summed E-state index contributed by atoms with van der Waals surface area (Å²) in [6.07, 6.45) is 0.669. The van der Waals surface area contributed by atoms with Crippen LogP contribution in [0.1, 0.15) is 18.9 Å². The first-order valence-electron chi connectivity index (χ1n) is 9.04. The van der Waals surface area contributed by atoms with Crippen LogP contribution in [0.15, 0.2) is 57.9 Å². The Morgan fingerprint density at radius 1 is 1.11 bits per heavy atom. The third-order valence-electron chi connectivity index (χ3n) is 4.00. The highest BCUT2D eigenvalue weighted by molar-refractivity contribution is 9.10. The number of aryl methyl sites for hydroxylation is 1. The van der Waals surface area contributed by atoms with Crippen molar-refractivity contribution < 1.29 is 17.9 Å². The number of ether oxygens (including phenoxy) is 1. The van der Waals surface area contributed by atoms with Crippen molar-refractivity contribution >= 4 is 37.5 Å². The molecule has 1 amide bonds. The SMILES string of the molecule is CCOCCCNC(=O)CN(c1ccc(Br)cc1)S(=O)(=O)c1ccc(C)cc1. The molecule has 152 valence electrons. The van der Waals surface area contributed by atoms with E-state index < -0.39 is 10.0 Å². The van der Waals surface area contributed by atoms with Crippen LogP contribution in [0.4, 0.5) is 5.69 Å². The number of amides is 1. The van der Waals surface area contributed by atoms with Crippen molar-refractivity contribution in [2.24, 2.45) is 0 Å². The van der Waals surface area contributed by atoms with Crippen LogP contribution in [0.5, 0.6) is 0 Å². The van der Waals surface area contributed by atoms with Gasteiger partial charge < -0.3 is 10.1 Å². The second kappa shape index (κ2) is 10.6. The Hall–Kier alpha value is -1.90. The lowest BCUT2D eigenvalue weighted by atomic mass is 10.2. The van der Waals surface area contributed by atoms with Crippen LogP contribution in [0.2, 0.25) is 0 Å². The van der Waals surface area contributed by atoms with Crippen LogP contribution in [0.25, 0.3) is 0 Å². The molecule has 2 rings (SSSR count). The van der Waals surface area contributed by atoms with E-state index in [1.54, 1.807) is 48.5 Å². The standard InChI is InChI=1S/C20H25BrN2O4S/c1-3-27-14-4-13-22-20(24)15-23(18-9-7-17(21)8-10-18)28(25,26)19-11-5-16(2)6-12-19/h5-12H,3-4,13-15H2,1-2H3,(H,22,24). The van der Waals surface area contributed by atoms with Gasteiger partial charge in [0, 0.05) is 24.2 Å². The second-order valence-electron chi connectivity index (χ2n) is 6.20. The number of sulfonamides is 1. The summed E-state index contributed by atoms with van der Waals surface area (Å²) in [5.74, 6) is -0.366. The van der Waals surface area contributed by atoms with Gasteiger partial charge in [-0.2, -0.15) is 0 Å². The van der Waals surface area contributed by atoms with Crippen molar-refractivity contribution in [3.8, 4) is 0 Å². The van der Waals surface area contributed by atoms with Gasteiger partial charge in [-0.3, -0.25) is 9.10 Å². The normalized spacial score (nSPS) is 11.2. The van der Waals surface area contributed by atoms with E-state index in [0.29, 0.717) is 31.9 Å². The van der Waals surface area contributed by atoms with E-state index in [-0.39, 0.29) is 17.3 Å². The molecule has 0 saturated heterocycles. The zero-order valence-electron chi connectivity index (χ0n) is 16.0. The largest absolute Gasteiger partial charge is 0.382 e. The van der Waals surface area contributed by atoms with Gasteiger partial charge in [0.15, 0.2) is 0 Å². The quantitative estimate of drug-likeness (QED) is 0.541. The van der Waals surface area contributed by atoms with E-state index in [4.69, 9.17) is 4.74 Å². The fourth-order valence-electron chi connectivity index (χ4n) is 2.49. The van der Waals surface area contributed by atoms with E-state index in [1.165, 1.54) is 0 Å². The maximum absolute atomic E-state index is 13.2. The molecule has 2 aromatic carbocycles. The van der Waals surface area contributed by atoms with Gasteiger partial charge in [0.2, 0.25) is 5.91 Å². The van der Waals surface area contributed by atoms with Gasteiger partial charge in [-0.1, -0.05) is 33.6 Å². The van der Waals surface area contributed by atoms with E-state index in [9.17, 15) is 13.2 Å². The molecule has 8 heteroatoms. The van der Waals surface area contributed by atoms with Crippen molar-refractivity contribution in [1.29, 1.82) is 0 Å². The smallest absolute Gasteiger partial charge is 0.264 e. The van der Waals surface area contributed by atoms with Crippen molar-refractivity contribution in [2.45, 2.75) is 25.2 Å². The summed E-state index contributed by atoms with van der Waals surface area (Å²) in [4.78, 5) is 12.5. The minimum atomic E-state index is -3.89. The van der Waals surface area contributed by atoms with E-state index in [1.807, 2.05) is 13.8 Å². The van der Waals surface area contributed by atoms with Gasteiger partial charge >= 0.3 is 0 Å². The minimum Gasteiger partial charge on any atom is -0.382 e. The lowest BCUT2D eigenvalue weighted by molar-refractivity contribution is -0.119. The Morgan fingerprint density at radius 2 is 1.75 bits per heavy atom. The predicted molar refractivity (Wildman–Crippen MR) is 114 cm³/mol. The number of benzene rings is 2. The predicted octanol–water partition coefficient (Wildman–Crippen LogP) is 3.50. The fourth-order valence-corrected chi connectivity index (χ4v) is 4.18. The molecule has 0 aliphatic rings. The summed E-state index contributed by atoms with van der Waals surface area (Å²) >= 11 is 3.34. The number of carbonyl (C=O) groups excluding carboxylic acids is 1. The zero-order chi connectivity index (χ0) is 20.6. The summed E-state index contributed by atoms with van der Waals surface area (Å²) in [5.41, 5.74) is 1.38. The summed E-state index contributed by atoms with van der Waals surface area (Å²) in [6, 6.07) is 13.4. The molecule has 0 fully saturated rings. The van der Waals surface area contributed by atoms with Gasteiger partial charge in [0.25, 0.3) is 10.0 Å². The van der Waals surface area contributed by atoms with Gasteiger partial charge in [0.05, 0.1) is 10.6 Å². The van der Waals surface area contributed by atoms with Crippen molar-refractivity contribution in [2.75, 3.05) is 30.6 Å². The van der Waals surface area contributed by atoms with Crippen molar-refractivity contribution in [3.63, 3.8) is 0 Å². The van der Waals surface area contributed by atoms with E-state index in [2.05, 4.69) is 21.2 Å². The second-order valence-corrected chi connectivity index (χ2v) is 8.98. The first-order valence-corrected chi connectivity index (χ1v) is 11.3. The van der Waals surface area contributed by atoms with Crippen LogP contribution in [-0.4, -0.2) is 40.6 Å². The molecule has 0 atom stereocenters. The first kappa shape index (κ1) is 22.4. The fraction of sp³-hybridized carbons (Fsp3) is 0.350. The number of hydrogen-bond donors (Lipinski definition) is 1. The molecule has 2 aromatic rings. The third kappa shape index (κ3) is 6.32. The molecule has 0 radical (unpaired) electrons. The Labute approximate surface area is 175 Å². The van der Waals surface area contributed by atoms with E-state index >= 15 is 0 Å². The van der Waals surface area contributed by atoms with Crippen LogP contribution in [-0.2, 0) is 19.6 Å². The Balaban J connectivity index is 2.21. The third-order valence-corrected chi connectivity index (χ3v) is 6.32. The van der Waals surface area contributed by atoms with Gasteiger partial charge in [-0.05, 0) is 56.7 Å². The lowest BCUT2D eigenvalue weighted by Gasteiger charge is -2.24. The topological polar surface area (TPSA) is 75.7 Å². The number of nitrogens with zero attached hydrogens (tertiary/aromatic N) is 1. The highest BCUT2D eigenvalue weighted by atomic mass is 79.9. The average Bonchev–Trinajstić information content (AvgIpc) is 2.67. The molecule has 0 aliphatic carbocycles. The summed E-state index contributed by atoms with van der Waals surface area (Å²) in [5, 5.41) is 2.75. The van der Waals surface area contributed by atoms with Crippen molar-refractivity contribution in [3.05, 3.63) is 58.6 Å². The Bertz CT molecular complexity index is 868. The molecule has 0 aliphatic heterocycles. The highest BCUT2D eigenvalue weighted by Crippen LogP contribution is 2.25. The van der Waals surface area contributed by atoms with Crippen LogP contribution >= 0.6 is 15.9 Å². The molecular formula is C20H25BrN2O4S. The van der Waals surface area contributed by atoms with Gasteiger partial charge in [-0.15, -0.1) is 0 Å². The number of hydrogen-bond acceptors (Lipinski definition) is 4. The Kier molecular flexibility index (Phi) is 8.47. The summed E-state index contributed by atoms with van der Waals surface area (Å²) in [6.45, 7) is 5.10. The van der Waals surface area contributed by atoms with Crippen LogP contribution < -0.4 is 9.62 Å². The molecule has 1 N–H and O–H groups in total. The molecule has 0 saturated carbocycles. The molecule has 0 bridgehead atoms. The van der Waals surface area contributed by atoms with Gasteiger partial charge in [0.1, 0.15) is 6.54 Å². The minimum absolute atomic E-state index is 0.144. The summed E-state index contributed by atoms with van der Waals surface area (Å²) in [7, 11) is -3.89. The number of carbonyl (C=O) groups is 1. The molecule has 6 nitrogen and oxygen atoms in total. The molecular weight excluding hydrogens is 444 g/mol. The Morgan fingerprint density at radius 3 is 2.36 bits per heavy atom. The number of anilines is 1. The maximum Gasteiger partial charge on any atom is 0.264 e. The van der Waals surface area contributed by atoms with Crippen LogP contribution in [0, 0.1) is 6.92 Å². The maximum atomic E-state index is 13.2. The molecule has 28 heavy (non-hydrogen) atoms. The molecule has 0 heterocycles. The average molecular weight is 469 g/mol. The highest BCUT2D eigenvalue weighted by Gasteiger charge is 2.27. The van der Waals surface area contributed by atoms with Gasteiger partial charge in [-0.25, -0.2) is 8.42 Å². The monoisotopic (exact) mass is 468 g/mol. The first-order chi connectivity index (χ1) is 13.3. The lowest BCUT2D eigenvalue weighted by Crippen LogP contribution is -2.41. The number of nitrogens with one attached hydrogen (secondary N) is 1. The number of rotatable bonds is 10. The van der Waals surface area contributed by atoms with E-state index in [0.717, 1.165) is 14.3 Å². The molecule has 0 aromatic heterocycles. The van der Waals surface area contributed by atoms with Crippen molar-refractivity contribution in [1.82, 2.24) is 5.32 Å².